The summed E-state index contributed by atoms with van der Waals surface area (Å²) in [7, 11) is 0. The highest BCUT2D eigenvalue weighted by Crippen LogP contribution is 2.14. The fourth-order valence-corrected chi connectivity index (χ4v) is 5.25. The van der Waals surface area contributed by atoms with Crippen molar-refractivity contribution in [2.45, 2.75) is 187 Å². The molecule has 0 aromatic rings. The van der Waals surface area contributed by atoms with Crippen LogP contribution in [0.2, 0.25) is 0 Å². The fraction of sp³-hybridized carbons (Fsp3) is 0.756. The molecule has 0 aromatic carbocycles. The molecular weight excluding hydrogens is 572 g/mol. The number of carbonyl (C=O) groups excluding carboxylic acids is 2. The minimum atomic E-state index is -0.790. The molecule has 1 N–H and O–H groups in total. The van der Waals surface area contributed by atoms with E-state index in [1.165, 1.54) is 89.9 Å². The summed E-state index contributed by atoms with van der Waals surface area (Å²) in [5.41, 5.74) is 0. The number of aliphatic hydroxyl groups excluding tert-OH is 1. The van der Waals surface area contributed by atoms with Gasteiger partial charge in [-0.1, -0.05) is 165 Å². The average Bonchev–Trinajstić information content (AvgIpc) is 3.06. The molecule has 0 aliphatic carbocycles. The van der Waals surface area contributed by atoms with Gasteiger partial charge >= 0.3 is 11.9 Å². The summed E-state index contributed by atoms with van der Waals surface area (Å²) in [5, 5.41) is 9.53. The minimum absolute atomic E-state index is 0.0814. The first-order valence-corrected chi connectivity index (χ1v) is 19.2. The first-order valence-electron chi connectivity index (χ1n) is 19.2. The first kappa shape index (κ1) is 43.9. The fourth-order valence-electron chi connectivity index (χ4n) is 5.25. The molecule has 0 fully saturated rings. The number of esters is 2. The maximum absolute atomic E-state index is 12.1. The van der Waals surface area contributed by atoms with Crippen molar-refractivity contribution in [3.05, 3.63) is 48.6 Å². The van der Waals surface area contributed by atoms with Gasteiger partial charge in [0.05, 0.1) is 6.61 Å². The van der Waals surface area contributed by atoms with Crippen LogP contribution in [0.3, 0.4) is 0 Å². The lowest BCUT2D eigenvalue weighted by Gasteiger charge is -2.15. The Morgan fingerprint density at radius 2 is 0.935 bits per heavy atom. The van der Waals surface area contributed by atoms with Gasteiger partial charge < -0.3 is 14.6 Å². The molecule has 0 unspecified atom stereocenters. The molecule has 1 atom stereocenters. The molecule has 0 saturated heterocycles. The van der Waals surface area contributed by atoms with Crippen molar-refractivity contribution >= 4 is 11.9 Å². The number of rotatable bonds is 34. The zero-order valence-electron chi connectivity index (χ0n) is 30.1. The predicted octanol–water partition coefficient (Wildman–Crippen LogP) is 11.8. The lowest BCUT2D eigenvalue weighted by Crippen LogP contribution is -2.28. The molecule has 0 aliphatic rings. The molecule has 0 spiro atoms. The second-order valence-corrected chi connectivity index (χ2v) is 12.6. The van der Waals surface area contributed by atoms with Gasteiger partial charge in [-0.15, -0.1) is 0 Å². The van der Waals surface area contributed by atoms with E-state index in [2.05, 4.69) is 62.5 Å². The molecule has 5 nitrogen and oxygen atoms in total. The summed E-state index contributed by atoms with van der Waals surface area (Å²) in [6, 6.07) is 0. The van der Waals surface area contributed by atoms with Gasteiger partial charge in [-0.05, 0) is 51.4 Å². The van der Waals surface area contributed by atoms with Crippen LogP contribution in [0, 0.1) is 0 Å². The smallest absolute Gasteiger partial charge is 0.306 e. The van der Waals surface area contributed by atoms with Crippen LogP contribution in [-0.4, -0.2) is 36.4 Å². The van der Waals surface area contributed by atoms with E-state index in [4.69, 9.17) is 9.47 Å². The summed E-state index contributed by atoms with van der Waals surface area (Å²) in [6.07, 6.45) is 46.0. The highest BCUT2D eigenvalue weighted by atomic mass is 16.6. The number of aliphatic hydroxyl groups is 1. The van der Waals surface area contributed by atoms with E-state index < -0.39 is 6.10 Å². The third-order valence-electron chi connectivity index (χ3n) is 8.14. The van der Waals surface area contributed by atoms with Crippen molar-refractivity contribution in [1.29, 1.82) is 0 Å². The molecule has 0 aliphatic heterocycles. The lowest BCUT2D eigenvalue weighted by atomic mass is 10.0. The van der Waals surface area contributed by atoms with Crippen molar-refractivity contribution in [1.82, 2.24) is 0 Å². The maximum Gasteiger partial charge on any atom is 0.306 e. The Balaban J connectivity index is 3.61. The zero-order chi connectivity index (χ0) is 33.6. The molecule has 0 bridgehead atoms. The Morgan fingerprint density at radius 1 is 0.522 bits per heavy atom. The highest BCUT2D eigenvalue weighted by molar-refractivity contribution is 5.70. The lowest BCUT2D eigenvalue weighted by molar-refractivity contribution is -0.161. The first-order chi connectivity index (χ1) is 22.6. The van der Waals surface area contributed by atoms with Crippen LogP contribution in [0.5, 0.6) is 0 Å². The summed E-state index contributed by atoms with van der Waals surface area (Å²) in [5.74, 6) is -0.637. The van der Waals surface area contributed by atoms with E-state index in [-0.39, 0.29) is 25.2 Å². The summed E-state index contributed by atoms with van der Waals surface area (Å²) in [4.78, 5) is 24.2. The molecule has 5 heteroatoms. The maximum atomic E-state index is 12.1. The van der Waals surface area contributed by atoms with Crippen LogP contribution in [0.15, 0.2) is 48.6 Å². The predicted molar refractivity (Wildman–Crippen MR) is 196 cm³/mol. The quantitative estimate of drug-likeness (QED) is 0.0429. The number of carbonyl (C=O) groups is 2. The van der Waals surface area contributed by atoms with Crippen LogP contribution in [0.25, 0.3) is 0 Å². The summed E-state index contributed by atoms with van der Waals surface area (Å²) >= 11 is 0. The molecule has 0 amide bonds. The van der Waals surface area contributed by atoms with Crippen molar-refractivity contribution < 1.29 is 24.2 Å². The number of allylic oxidation sites excluding steroid dienone is 8. The monoisotopic (exact) mass is 645 g/mol. The number of hydrogen-bond acceptors (Lipinski definition) is 5. The normalized spacial score (nSPS) is 12.7. The third kappa shape index (κ3) is 34.7. The van der Waals surface area contributed by atoms with Crippen molar-refractivity contribution in [2.75, 3.05) is 13.2 Å². The molecule has 0 heterocycles. The van der Waals surface area contributed by atoms with Crippen LogP contribution >= 0.6 is 0 Å². The van der Waals surface area contributed by atoms with Gasteiger partial charge in [-0.2, -0.15) is 0 Å². The van der Waals surface area contributed by atoms with Gasteiger partial charge in [0.2, 0.25) is 0 Å². The minimum Gasteiger partial charge on any atom is -0.462 e. The Bertz CT molecular complexity index is 782. The van der Waals surface area contributed by atoms with Crippen molar-refractivity contribution in [2.24, 2.45) is 0 Å². The average molecular weight is 645 g/mol. The number of unbranched alkanes of at least 4 members (excludes halogenated alkanes) is 18. The van der Waals surface area contributed by atoms with Crippen LogP contribution in [0.1, 0.15) is 181 Å². The van der Waals surface area contributed by atoms with Crippen LogP contribution in [-0.2, 0) is 19.1 Å². The van der Waals surface area contributed by atoms with Crippen LogP contribution in [0.4, 0.5) is 0 Å². The number of hydrogen-bond donors (Lipinski definition) is 1. The van der Waals surface area contributed by atoms with Gasteiger partial charge in [-0.25, -0.2) is 0 Å². The molecule has 0 radical (unpaired) electrons. The van der Waals surface area contributed by atoms with Crippen molar-refractivity contribution in [3.8, 4) is 0 Å². The third-order valence-corrected chi connectivity index (χ3v) is 8.14. The van der Waals surface area contributed by atoms with E-state index in [0.29, 0.717) is 12.8 Å². The molecule has 0 rings (SSSR count). The van der Waals surface area contributed by atoms with E-state index in [9.17, 15) is 14.7 Å². The van der Waals surface area contributed by atoms with Gasteiger partial charge in [0, 0.05) is 12.8 Å². The Morgan fingerprint density at radius 3 is 1.41 bits per heavy atom. The van der Waals surface area contributed by atoms with Crippen LogP contribution < -0.4 is 0 Å². The van der Waals surface area contributed by atoms with E-state index in [0.717, 1.165) is 64.2 Å². The SMILES string of the molecule is CC/C=C\C/C=C\C/C=C\C/C=C\CCCCC(=O)O[C@@H](CO)COC(=O)CCCCCCCCCCCCCCCCCCC. The molecule has 0 aromatic heterocycles. The summed E-state index contributed by atoms with van der Waals surface area (Å²) < 4.78 is 10.6. The highest BCUT2D eigenvalue weighted by Gasteiger charge is 2.16. The Kier molecular flexibility index (Phi) is 35.6. The second kappa shape index (κ2) is 37.3. The van der Waals surface area contributed by atoms with Gasteiger partial charge in [0.1, 0.15) is 6.61 Å². The van der Waals surface area contributed by atoms with Gasteiger partial charge in [0.25, 0.3) is 0 Å². The molecule has 46 heavy (non-hydrogen) atoms. The molecular formula is C41H72O5. The van der Waals surface area contributed by atoms with Gasteiger partial charge in [-0.3, -0.25) is 9.59 Å². The zero-order valence-corrected chi connectivity index (χ0v) is 30.1. The molecule has 266 valence electrons. The second-order valence-electron chi connectivity index (χ2n) is 12.6. The Hall–Kier alpha value is -2.14. The molecule has 0 saturated carbocycles. The van der Waals surface area contributed by atoms with E-state index in [1.807, 2.05) is 0 Å². The van der Waals surface area contributed by atoms with Crippen molar-refractivity contribution in [3.63, 3.8) is 0 Å². The topological polar surface area (TPSA) is 72.8 Å². The standard InChI is InChI=1S/C41H72O5/c1-3-5-7-9-11-13-15-17-19-20-22-23-25-27-29-31-33-35-40(43)45-38-39(37-42)46-41(44)36-34-32-30-28-26-24-21-18-16-14-12-10-8-6-4-2/h6,8,12,14,18,21,26,28,39,42H,3-5,7,9-11,13,15-17,19-20,22-25,27,29-38H2,1-2H3/b8-6-,14-12-,21-18-,28-26-/t39-/m0/s1. The van der Waals surface area contributed by atoms with Gasteiger partial charge in [0.15, 0.2) is 6.10 Å². The summed E-state index contributed by atoms with van der Waals surface area (Å²) in [6.45, 7) is 3.99. The van der Waals surface area contributed by atoms with E-state index in [1.54, 1.807) is 0 Å². The largest absolute Gasteiger partial charge is 0.462 e. The Labute approximate surface area is 284 Å². The van der Waals surface area contributed by atoms with E-state index >= 15 is 0 Å². The number of ether oxygens (including phenoxy) is 2.